The summed E-state index contributed by atoms with van der Waals surface area (Å²) in [5.41, 5.74) is 0. The second-order valence-electron chi connectivity index (χ2n) is 3.10. The van der Waals surface area contributed by atoms with E-state index in [1.54, 1.807) is 0 Å². The smallest absolute Gasteiger partial charge is 0.249 e. The average molecular weight is 178 g/mol. The van der Waals surface area contributed by atoms with E-state index >= 15 is 0 Å². The first-order valence-electron chi connectivity index (χ1n) is 4.23. The fourth-order valence-corrected chi connectivity index (χ4v) is 1.52. The number of hydrogen-bond acceptors (Lipinski definition) is 2. The monoisotopic (exact) mass is 178 g/mol. The van der Waals surface area contributed by atoms with Gasteiger partial charge in [-0.3, -0.25) is 14.9 Å². The van der Waals surface area contributed by atoms with Crippen LogP contribution in [0.5, 0.6) is 0 Å². The van der Waals surface area contributed by atoms with Crippen LogP contribution in [-0.2, 0) is 9.59 Å². The van der Waals surface area contributed by atoms with E-state index in [0.29, 0.717) is 12.8 Å². The second kappa shape index (κ2) is 3.05. The summed E-state index contributed by atoms with van der Waals surface area (Å²) in [6, 6.07) is 3.51. The maximum Gasteiger partial charge on any atom is 0.249 e. The summed E-state index contributed by atoms with van der Waals surface area (Å²) in [6.07, 6.45) is 4.69. The summed E-state index contributed by atoms with van der Waals surface area (Å²) in [6.45, 7) is 0. The van der Waals surface area contributed by atoms with Crippen molar-refractivity contribution in [2.24, 2.45) is 0 Å². The Bertz CT molecular complexity index is 329. The van der Waals surface area contributed by atoms with Gasteiger partial charge in [0.25, 0.3) is 0 Å². The van der Waals surface area contributed by atoms with Crippen LogP contribution >= 0.6 is 0 Å². The summed E-state index contributed by atoms with van der Waals surface area (Å²) >= 11 is 0. The third-order valence-corrected chi connectivity index (χ3v) is 2.20. The summed E-state index contributed by atoms with van der Waals surface area (Å²) in [7, 11) is 0. The Morgan fingerprint density at radius 1 is 1.31 bits per heavy atom. The van der Waals surface area contributed by atoms with E-state index in [4.69, 9.17) is 0 Å². The fraction of sp³-hybridized carbons (Fsp3) is 0.333. The van der Waals surface area contributed by atoms with Crippen molar-refractivity contribution in [3.63, 3.8) is 0 Å². The Balaban J connectivity index is 2.17. The molecule has 0 saturated carbocycles. The van der Waals surface area contributed by atoms with Gasteiger partial charge in [-0.05, 0) is 18.6 Å². The molecule has 0 bridgehead atoms. The predicted molar refractivity (Wildman–Crippen MR) is 45.9 cm³/mol. The number of imide groups is 1. The van der Waals surface area contributed by atoms with Crippen LogP contribution in [0.25, 0.3) is 0 Å². The van der Waals surface area contributed by atoms with Gasteiger partial charge >= 0.3 is 0 Å². The van der Waals surface area contributed by atoms with Crippen molar-refractivity contribution in [1.29, 1.82) is 0 Å². The molecule has 2 rings (SSSR count). The van der Waals surface area contributed by atoms with E-state index in [1.807, 2.05) is 29.1 Å². The van der Waals surface area contributed by atoms with Crippen molar-refractivity contribution in [2.45, 2.75) is 18.9 Å². The van der Waals surface area contributed by atoms with Crippen LogP contribution in [0.4, 0.5) is 0 Å². The number of hydrogen-bond donors (Lipinski definition) is 1. The molecule has 1 aromatic rings. The van der Waals surface area contributed by atoms with E-state index in [2.05, 4.69) is 5.32 Å². The molecule has 1 unspecified atom stereocenters. The molecule has 4 nitrogen and oxygen atoms in total. The zero-order valence-electron chi connectivity index (χ0n) is 7.06. The van der Waals surface area contributed by atoms with E-state index in [-0.39, 0.29) is 17.9 Å². The Kier molecular flexibility index (Phi) is 1.88. The van der Waals surface area contributed by atoms with Crippen molar-refractivity contribution < 1.29 is 9.59 Å². The largest absolute Gasteiger partial charge is 0.342 e. The number of carbonyl (C=O) groups is 2. The summed E-state index contributed by atoms with van der Waals surface area (Å²) < 4.78 is 1.82. The van der Waals surface area contributed by atoms with Gasteiger partial charge in [0.05, 0.1) is 0 Å². The first-order valence-corrected chi connectivity index (χ1v) is 4.23. The number of carbonyl (C=O) groups excluding carboxylic acids is 2. The molecule has 13 heavy (non-hydrogen) atoms. The van der Waals surface area contributed by atoms with E-state index in [0.717, 1.165) is 0 Å². The highest BCUT2D eigenvalue weighted by Crippen LogP contribution is 2.17. The maximum absolute atomic E-state index is 11.4. The van der Waals surface area contributed by atoms with Gasteiger partial charge < -0.3 is 4.57 Å². The third kappa shape index (κ3) is 1.47. The van der Waals surface area contributed by atoms with Crippen LogP contribution in [-0.4, -0.2) is 16.4 Å². The van der Waals surface area contributed by atoms with Crippen molar-refractivity contribution in [3.8, 4) is 0 Å². The Morgan fingerprint density at radius 3 is 2.62 bits per heavy atom. The molecule has 0 aliphatic carbocycles. The molecule has 1 aliphatic heterocycles. The normalized spacial score (nSPS) is 22.9. The van der Waals surface area contributed by atoms with Crippen molar-refractivity contribution in [3.05, 3.63) is 24.5 Å². The molecule has 0 radical (unpaired) electrons. The van der Waals surface area contributed by atoms with Crippen molar-refractivity contribution >= 4 is 11.8 Å². The van der Waals surface area contributed by atoms with E-state index in [1.165, 1.54) is 0 Å². The van der Waals surface area contributed by atoms with Gasteiger partial charge in [0.1, 0.15) is 6.04 Å². The number of nitrogens with zero attached hydrogens (tertiary/aromatic N) is 1. The highest BCUT2D eigenvalue weighted by atomic mass is 16.2. The number of nitrogens with one attached hydrogen (secondary N) is 1. The lowest BCUT2D eigenvalue weighted by Crippen LogP contribution is -2.41. The Hall–Kier alpha value is -1.58. The molecule has 2 heterocycles. The molecule has 0 aromatic carbocycles. The summed E-state index contributed by atoms with van der Waals surface area (Å²) in [5, 5.41) is 2.32. The lowest BCUT2D eigenvalue weighted by Gasteiger charge is -2.21. The van der Waals surface area contributed by atoms with E-state index < -0.39 is 0 Å². The second-order valence-corrected chi connectivity index (χ2v) is 3.10. The molecule has 1 aliphatic rings. The average Bonchev–Trinajstić information content (AvgIpc) is 2.56. The van der Waals surface area contributed by atoms with Crippen LogP contribution in [0.1, 0.15) is 18.9 Å². The zero-order valence-corrected chi connectivity index (χ0v) is 7.06. The first-order chi connectivity index (χ1) is 6.27. The van der Waals surface area contributed by atoms with Crippen molar-refractivity contribution in [1.82, 2.24) is 9.88 Å². The molecule has 68 valence electrons. The van der Waals surface area contributed by atoms with Gasteiger partial charge in [0.2, 0.25) is 11.8 Å². The van der Waals surface area contributed by atoms with Gasteiger partial charge in [-0.15, -0.1) is 0 Å². The molecule has 1 N–H and O–H groups in total. The van der Waals surface area contributed by atoms with Gasteiger partial charge in [0, 0.05) is 18.8 Å². The lowest BCUT2D eigenvalue weighted by atomic mass is 10.1. The van der Waals surface area contributed by atoms with Gasteiger partial charge in [-0.25, -0.2) is 0 Å². The van der Waals surface area contributed by atoms with Gasteiger partial charge in [0.15, 0.2) is 0 Å². The number of amides is 2. The Labute approximate surface area is 75.5 Å². The summed E-state index contributed by atoms with van der Waals surface area (Å²) in [5.74, 6) is -0.374. The zero-order chi connectivity index (χ0) is 9.26. The first kappa shape index (κ1) is 8.04. The number of piperidine rings is 1. The molecular formula is C9H10N2O2. The van der Waals surface area contributed by atoms with Crippen LogP contribution in [0.2, 0.25) is 0 Å². The van der Waals surface area contributed by atoms with Gasteiger partial charge in [-0.1, -0.05) is 0 Å². The van der Waals surface area contributed by atoms with Crippen LogP contribution in [0.15, 0.2) is 24.5 Å². The molecule has 0 spiro atoms. The molecule has 1 fully saturated rings. The SMILES string of the molecule is O=C1CCC(n2cccc2)C(=O)N1. The molecule has 4 heteroatoms. The predicted octanol–water partition coefficient (Wildman–Crippen LogP) is 0.466. The third-order valence-electron chi connectivity index (χ3n) is 2.20. The maximum atomic E-state index is 11.4. The van der Waals surface area contributed by atoms with Crippen LogP contribution in [0.3, 0.4) is 0 Å². The number of rotatable bonds is 1. The molecular weight excluding hydrogens is 168 g/mol. The molecule has 1 aromatic heterocycles. The molecule has 1 saturated heterocycles. The number of aromatic nitrogens is 1. The van der Waals surface area contributed by atoms with Crippen LogP contribution < -0.4 is 5.32 Å². The summed E-state index contributed by atoms with van der Waals surface area (Å²) in [4.78, 5) is 22.2. The van der Waals surface area contributed by atoms with Crippen LogP contribution in [0, 0.1) is 0 Å². The minimum atomic E-state index is -0.215. The minimum Gasteiger partial charge on any atom is -0.342 e. The molecule has 1 atom stereocenters. The lowest BCUT2D eigenvalue weighted by molar-refractivity contribution is -0.135. The minimum absolute atomic E-state index is 0.173. The standard InChI is InChI=1S/C9H10N2O2/c12-8-4-3-7(9(13)10-8)11-5-1-2-6-11/h1-2,5-7H,3-4H2,(H,10,12,13). The highest BCUT2D eigenvalue weighted by molar-refractivity contribution is 5.99. The Morgan fingerprint density at radius 2 is 2.00 bits per heavy atom. The van der Waals surface area contributed by atoms with E-state index in [9.17, 15) is 9.59 Å². The van der Waals surface area contributed by atoms with Gasteiger partial charge in [-0.2, -0.15) is 0 Å². The van der Waals surface area contributed by atoms with Crippen molar-refractivity contribution in [2.75, 3.05) is 0 Å². The topological polar surface area (TPSA) is 51.1 Å². The molecule has 2 amide bonds. The highest BCUT2D eigenvalue weighted by Gasteiger charge is 2.26. The fourth-order valence-electron chi connectivity index (χ4n) is 1.52. The quantitative estimate of drug-likeness (QED) is 0.635.